The molecule has 1 aromatic carbocycles. The van der Waals surface area contributed by atoms with Crippen LogP contribution in [-0.2, 0) is 11.2 Å². The van der Waals surface area contributed by atoms with Gasteiger partial charge in [0.1, 0.15) is 5.69 Å². The molecule has 0 radical (unpaired) electrons. The highest BCUT2D eigenvalue weighted by Gasteiger charge is 2.28. The van der Waals surface area contributed by atoms with Crippen LogP contribution in [0.1, 0.15) is 39.4 Å². The Kier molecular flexibility index (Phi) is 5.78. The molecule has 2 aromatic heterocycles. The Morgan fingerprint density at radius 3 is 2.83 bits per heavy atom. The maximum absolute atomic E-state index is 13.1. The summed E-state index contributed by atoms with van der Waals surface area (Å²) in [6, 6.07) is 6.72. The molecule has 9 nitrogen and oxygen atoms in total. The lowest BCUT2D eigenvalue weighted by molar-refractivity contribution is 0.0581. The molecule has 0 spiro atoms. The molecule has 30 heavy (non-hydrogen) atoms. The van der Waals surface area contributed by atoms with E-state index in [1.807, 2.05) is 0 Å². The summed E-state index contributed by atoms with van der Waals surface area (Å²) in [4.78, 5) is 39.5. The lowest BCUT2D eigenvalue weighted by Gasteiger charge is -2.32. The number of benzene rings is 1. The van der Waals surface area contributed by atoms with Crippen LogP contribution in [0, 0.1) is 5.92 Å². The maximum Gasteiger partial charge on any atom is 0.338 e. The topological polar surface area (TPSA) is 111 Å². The number of likely N-dealkylation sites (tertiary alicyclic amines) is 1. The second kappa shape index (κ2) is 8.81. The first kappa shape index (κ1) is 19.7. The van der Waals surface area contributed by atoms with Crippen LogP contribution in [0.3, 0.4) is 0 Å². The average Bonchev–Trinajstić information content (AvgIpc) is 3.27. The zero-order valence-electron chi connectivity index (χ0n) is 16.5. The Morgan fingerprint density at radius 1 is 1.23 bits per heavy atom. The molecule has 3 heterocycles. The van der Waals surface area contributed by atoms with Crippen LogP contribution in [0.25, 0.3) is 11.5 Å². The molecule has 9 heteroatoms. The number of amides is 1. The molecule has 4 rings (SSSR count). The van der Waals surface area contributed by atoms with Gasteiger partial charge in [-0.15, -0.1) is 0 Å². The maximum atomic E-state index is 13.1. The van der Waals surface area contributed by atoms with E-state index in [0.717, 1.165) is 12.8 Å². The summed E-state index contributed by atoms with van der Waals surface area (Å²) in [6.45, 7) is 1.19. The molecule has 0 saturated carbocycles. The third kappa shape index (κ3) is 4.19. The highest BCUT2D eigenvalue weighted by Crippen LogP contribution is 2.24. The van der Waals surface area contributed by atoms with Crippen LogP contribution in [-0.4, -0.2) is 57.1 Å². The minimum atomic E-state index is -0.519. The molecular formula is C21H21N5O4. The molecule has 1 aliphatic heterocycles. The summed E-state index contributed by atoms with van der Waals surface area (Å²) in [5.74, 6) is 0.392. The molecule has 1 aliphatic rings. The van der Waals surface area contributed by atoms with Gasteiger partial charge in [0.05, 0.1) is 24.4 Å². The lowest BCUT2D eigenvalue weighted by atomic mass is 9.94. The first-order valence-electron chi connectivity index (χ1n) is 9.71. The van der Waals surface area contributed by atoms with Gasteiger partial charge in [0.2, 0.25) is 11.7 Å². The second-order valence-corrected chi connectivity index (χ2v) is 7.10. The zero-order chi connectivity index (χ0) is 20.9. The number of aromatic nitrogens is 4. The fourth-order valence-electron chi connectivity index (χ4n) is 3.65. The zero-order valence-corrected chi connectivity index (χ0v) is 16.5. The number of rotatable bonds is 5. The Hall–Kier alpha value is -3.62. The summed E-state index contributed by atoms with van der Waals surface area (Å²) in [6.07, 6.45) is 7.11. The summed E-state index contributed by atoms with van der Waals surface area (Å²) in [5, 5.41) is 3.97. The van der Waals surface area contributed by atoms with Gasteiger partial charge in [-0.2, -0.15) is 4.98 Å². The number of ether oxygens (including phenoxy) is 1. The van der Waals surface area contributed by atoms with Gasteiger partial charge >= 0.3 is 5.97 Å². The highest BCUT2D eigenvalue weighted by atomic mass is 16.5. The van der Waals surface area contributed by atoms with E-state index in [-0.39, 0.29) is 17.4 Å². The number of carbonyl (C=O) groups is 2. The molecule has 1 amide bonds. The summed E-state index contributed by atoms with van der Waals surface area (Å²) in [5.41, 5.74) is 1.18. The van der Waals surface area contributed by atoms with Crippen LogP contribution in [0.15, 0.2) is 47.4 Å². The molecule has 1 saturated heterocycles. The summed E-state index contributed by atoms with van der Waals surface area (Å²) in [7, 11) is 1.31. The lowest BCUT2D eigenvalue weighted by Crippen LogP contribution is -2.41. The number of esters is 1. The van der Waals surface area contributed by atoms with Crippen LogP contribution < -0.4 is 0 Å². The van der Waals surface area contributed by atoms with E-state index in [0.29, 0.717) is 42.5 Å². The molecule has 0 bridgehead atoms. The molecule has 1 fully saturated rings. The average molecular weight is 407 g/mol. The van der Waals surface area contributed by atoms with E-state index in [2.05, 4.69) is 20.1 Å². The van der Waals surface area contributed by atoms with Crippen molar-refractivity contribution in [3.05, 3.63) is 59.9 Å². The van der Waals surface area contributed by atoms with E-state index < -0.39 is 5.97 Å². The Morgan fingerprint density at radius 2 is 2.07 bits per heavy atom. The van der Waals surface area contributed by atoms with Gasteiger partial charge < -0.3 is 14.2 Å². The van der Waals surface area contributed by atoms with Crippen molar-refractivity contribution in [3.63, 3.8) is 0 Å². The van der Waals surface area contributed by atoms with Crippen LogP contribution in [0.4, 0.5) is 0 Å². The van der Waals surface area contributed by atoms with E-state index >= 15 is 0 Å². The third-order valence-corrected chi connectivity index (χ3v) is 5.09. The van der Waals surface area contributed by atoms with E-state index in [1.165, 1.54) is 7.11 Å². The van der Waals surface area contributed by atoms with Crippen molar-refractivity contribution in [1.29, 1.82) is 0 Å². The number of nitrogens with zero attached hydrogens (tertiary/aromatic N) is 5. The molecule has 0 unspecified atom stereocenters. The van der Waals surface area contributed by atoms with Gasteiger partial charge in [-0.05, 0) is 30.9 Å². The highest BCUT2D eigenvalue weighted by molar-refractivity contribution is 6.05. The standard InChI is InChI=1S/C21H21N5O4/c1-29-21(28)16-7-3-2-6-15(16)20(27)26-10-4-5-14(13-26)11-18-24-19(25-30-18)17-12-22-8-9-23-17/h2-3,6-9,12,14H,4-5,10-11,13H2,1H3/t14-/m1/s1. The van der Waals surface area contributed by atoms with E-state index in [4.69, 9.17) is 9.26 Å². The van der Waals surface area contributed by atoms with E-state index in [1.54, 1.807) is 47.8 Å². The predicted molar refractivity (Wildman–Crippen MR) is 105 cm³/mol. The molecule has 3 aromatic rings. The summed E-state index contributed by atoms with van der Waals surface area (Å²) >= 11 is 0. The van der Waals surface area contributed by atoms with E-state index in [9.17, 15) is 9.59 Å². The number of hydrogen-bond donors (Lipinski definition) is 0. The molecule has 1 atom stereocenters. The fourth-order valence-corrected chi connectivity index (χ4v) is 3.65. The molecule has 0 aliphatic carbocycles. The van der Waals surface area contributed by atoms with Gasteiger partial charge in [-0.3, -0.25) is 9.78 Å². The Balaban J connectivity index is 1.45. The first-order valence-corrected chi connectivity index (χ1v) is 9.71. The molecule has 154 valence electrons. The minimum Gasteiger partial charge on any atom is -0.465 e. The largest absolute Gasteiger partial charge is 0.465 e. The SMILES string of the molecule is COC(=O)c1ccccc1C(=O)N1CCC[C@H](Cc2nc(-c3cnccn3)no2)C1. The van der Waals surface area contributed by atoms with Crippen molar-refractivity contribution in [2.24, 2.45) is 5.92 Å². The molecule has 0 N–H and O–H groups in total. The number of piperidine rings is 1. The van der Waals surface area contributed by atoms with Gasteiger partial charge in [0.15, 0.2) is 0 Å². The van der Waals surface area contributed by atoms with Crippen LogP contribution in [0.5, 0.6) is 0 Å². The first-order chi connectivity index (χ1) is 14.7. The van der Waals surface area contributed by atoms with Gasteiger partial charge in [0, 0.05) is 31.9 Å². The predicted octanol–water partition coefficient (Wildman–Crippen LogP) is 2.41. The Bertz CT molecular complexity index is 1040. The van der Waals surface area contributed by atoms with Gasteiger partial charge in [-0.25, -0.2) is 9.78 Å². The van der Waals surface area contributed by atoms with Gasteiger partial charge in [-0.1, -0.05) is 17.3 Å². The van der Waals surface area contributed by atoms with Crippen LogP contribution in [0.2, 0.25) is 0 Å². The normalized spacial score (nSPS) is 16.3. The number of hydrogen-bond acceptors (Lipinski definition) is 8. The van der Waals surface area contributed by atoms with Crippen molar-refractivity contribution in [2.75, 3.05) is 20.2 Å². The van der Waals surface area contributed by atoms with Crippen LogP contribution >= 0.6 is 0 Å². The number of carbonyl (C=O) groups excluding carboxylic acids is 2. The van der Waals surface area contributed by atoms with Crippen molar-refractivity contribution in [3.8, 4) is 11.5 Å². The quantitative estimate of drug-likeness (QED) is 0.593. The monoisotopic (exact) mass is 407 g/mol. The fraction of sp³-hybridized carbons (Fsp3) is 0.333. The summed E-state index contributed by atoms with van der Waals surface area (Å²) < 4.78 is 10.2. The molecular weight excluding hydrogens is 386 g/mol. The van der Waals surface area contributed by atoms with Gasteiger partial charge in [0.25, 0.3) is 5.91 Å². The van der Waals surface area contributed by atoms with Crippen molar-refractivity contribution in [2.45, 2.75) is 19.3 Å². The number of methoxy groups -OCH3 is 1. The smallest absolute Gasteiger partial charge is 0.338 e. The second-order valence-electron chi connectivity index (χ2n) is 7.10. The van der Waals surface area contributed by atoms with Crippen molar-refractivity contribution in [1.82, 2.24) is 25.0 Å². The Labute approximate surface area is 173 Å². The van der Waals surface area contributed by atoms with Crippen molar-refractivity contribution < 1.29 is 18.8 Å². The minimum absolute atomic E-state index is 0.175. The van der Waals surface area contributed by atoms with Crippen molar-refractivity contribution >= 4 is 11.9 Å². The third-order valence-electron chi connectivity index (χ3n) is 5.09.